The molecule has 0 bridgehead atoms. The molecule has 1 aliphatic heterocycles. The van der Waals surface area contributed by atoms with Gasteiger partial charge in [0.05, 0.1) is 22.9 Å². The second-order valence-electron chi connectivity index (χ2n) is 6.24. The van der Waals surface area contributed by atoms with Crippen LogP contribution in [0.15, 0.2) is 12.3 Å². The fourth-order valence-corrected chi connectivity index (χ4v) is 2.04. The standard InChI is InChI=1S/C14H22BNO3/c1-9-7-11(10(2)17)8-16-12(9)15-18-13(3,4)14(5,6)19-15/h7-8,10,17H,1-6H3. The maximum absolute atomic E-state index is 9.57. The molecule has 19 heavy (non-hydrogen) atoms. The van der Waals surface area contributed by atoms with Gasteiger partial charge < -0.3 is 14.4 Å². The first-order chi connectivity index (χ1) is 8.64. The van der Waals surface area contributed by atoms with Crippen molar-refractivity contribution in [1.82, 2.24) is 4.98 Å². The Balaban J connectivity index is 2.30. The quantitative estimate of drug-likeness (QED) is 0.826. The van der Waals surface area contributed by atoms with E-state index in [1.54, 1.807) is 13.1 Å². The summed E-state index contributed by atoms with van der Waals surface area (Å²) in [5.41, 5.74) is 1.82. The molecule has 0 amide bonds. The molecule has 0 aliphatic carbocycles. The van der Waals surface area contributed by atoms with Crippen molar-refractivity contribution >= 4 is 12.7 Å². The molecule has 1 N–H and O–H groups in total. The molecule has 1 fully saturated rings. The molecular weight excluding hydrogens is 241 g/mol. The van der Waals surface area contributed by atoms with Crippen molar-refractivity contribution in [2.24, 2.45) is 0 Å². The van der Waals surface area contributed by atoms with Gasteiger partial charge in [-0.15, -0.1) is 0 Å². The number of pyridine rings is 1. The molecule has 1 unspecified atom stereocenters. The molecule has 0 radical (unpaired) electrons. The van der Waals surface area contributed by atoms with Crippen molar-refractivity contribution in [1.29, 1.82) is 0 Å². The van der Waals surface area contributed by atoms with Gasteiger partial charge in [-0.3, -0.25) is 4.98 Å². The molecule has 2 rings (SSSR count). The normalized spacial score (nSPS) is 22.6. The Kier molecular flexibility index (Phi) is 3.50. The van der Waals surface area contributed by atoms with E-state index < -0.39 is 13.2 Å². The maximum atomic E-state index is 9.57. The van der Waals surface area contributed by atoms with Crippen molar-refractivity contribution < 1.29 is 14.4 Å². The lowest BCUT2D eigenvalue weighted by molar-refractivity contribution is 0.00578. The Labute approximate surface area is 115 Å². The highest BCUT2D eigenvalue weighted by atomic mass is 16.7. The molecule has 2 heterocycles. The molecule has 1 saturated heterocycles. The lowest BCUT2D eigenvalue weighted by Gasteiger charge is -2.32. The van der Waals surface area contributed by atoms with Crippen molar-refractivity contribution in [3.63, 3.8) is 0 Å². The smallest absolute Gasteiger partial charge is 0.398 e. The highest BCUT2D eigenvalue weighted by Crippen LogP contribution is 2.36. The van der Waals surface area contributed by atoms with Crippen molar-refractivity contribution in [3.05, 3.63) is 23.4 Å². The molecule has 0 saturated carbocycles. The lowest BCUT2D eigenvalue weighted by Crippen LogP contribution is -2.41. The van der Waals surface area contributed by atoms with Crippen LogP contribution in [0.3, 0.4) is 0 Å². The van der Waals surface area contributed by atoms with Gasteiger partial charge in [0, 0.05) is 6.20 Å². The zero-order valence-electron chi connectivity index (χ0n) is 12.5. The summed E-state index contributed by atoms with van der Waals surface area (Å²) in [7, 11) is -0.451. The largest absolute Gasteiger partial charge is 0.514 e. The van der Waals surface area contributed by atoms with Crippen LogP contribution in [-0.2, 0) is 9.31 Å². The monoisotopic (exact) mass is 263 g/mol. The number of hydrogen-bond donors (Lipinski definition) is 1. The number of aromatic nitrogens is 1. The zero-order valence-corrected chi connectivity index (χ0v) is 12.5. The third kappa shape index (κ3) is 2.55. The summed E-state index contributed by atoms with van der Waals surface area (Å²) in [5, 5.41) is 9.57. The van der Waals surface area contributed by atoms with E-state index in [-0.39, 0.29) is 11.2 Å². The van der Waals surface area contributed by atoms with Gasteiger partial charge in [-0.2, -0.15) is 0 Å². The summed E-state index contributed by atoms with van der Waals surface area (Å²) in [4.78, 5) is 4.40. The number of nitrogens with zero attached hydrogens (tertiary/aromatic N) is 1. The SMILES string of the molecule is Cc1cc(C(C)O)cnc1B1OC(C)(C)C(C)(C)O1. The lowest BCUT2D eigenvalue weighted by atomic mass is 9.81. The minimum Gasteiger partial charge on any atom is -0.398 e. The first-order valence-electron chi connectivity index (χ1n) is 6.64. The molecule has 4 nitrogen and oxygen atoms in total. The first kappa shape index (κ1) is 14.5. The summed E-state index contributed by atoms with van der Waals surface area (Å²) >= 11 is 0. The number of aryl methyl sites for hydroxylation is 1. The van der Waals surface area contributed by atoms with Crippen LogP contribution in [0.5, 0.6) is 0 Å². The average Bonchev–Trinajstić information content (AvgIpc) is 2.47. The first-order valence-corrected chi connectivity index (χ1v) is 6.64. The number of hydrogen-bond acceptors (Lipinski definition) is 4. The van der Waals surface area contributed by atoms with Crippen LogP contribution < -0.4 is 5.59 Å². The molecular formula is C14H22BNO3. The highest BCUT2D eigenvalue weighted by Gasteiger charge is 2.52. The van der Waals surface area contributed by atoms with Gasteiger partial charge in [-0.05, 0) is 52.7 Å². The molecule has 0 spiro atoms. The van der Waals surface area contributed by atoms with E-state index >= 15 is 0 Å². The Morgan fingerprint density at radius 3 is 2.16 bits per heavy atom. The fourth-order valence-electron chi connectivity index (χ4n) is 2.04. The number of aliphatic hydroxyl groups excluding tert-OH is 1. The summed E-state index contributed by atoms with van der Waals surface area (Å²) < 4.78 is 12.0. The van der Waals surface area contributed by atoms with E-state index in [1.165, 1.54) is 0 Å². The van der Waals surface area contributed by atoms with Crippen LogP contribution >= 0.6 is 0 Å². The second kappa shape index (κ2) is 4.58. The minimum absolute atomic E-state index is 0.366. The van der Waals surface area contributed by atoms with E-state index in [0.29, 0.717) is 0 Å². The summed E-state index contributed by atoms with van der Waals surface area (Å²) in [5.74, 6) is 0. The molecule has 1 aliphatic rings. The van der Waals surface area contributed by atoms with Crippen molar-refractivity contribution in [2.75, 3.05) is 0 Å². The molecule has 5 heteroatoms. The van der Waals surface area contributed by atoms with Crippen LogP contribution in [0.4, 0.5) is 0 Å². The van der Waals surface area contributed by atoms with Crippen molar-refractivity contribution in [3.8, 4) is 0 Å². The highest BCUT2D eigenvalue weighted by molar-refractivity contribution is 6.61. The Hall–Kier alpha value is -0.905. The van der Waals surface area contributed by atoms with Gasteiger partial charge >= 0.3 is 7.12 Å². The van der Waals surface area contributed by atoms with Crippen LogP contribution in [0.2, 0.25) is 0 Å². The third-order valence-electron chi connectivity index (χ3n) is 4.10. The van der Waals surface area contributed by atoms with E-state index in [4.69, 9.17) is 9.31 Å². The van der Waals surface area contributed by atoms with Gasteiger partial charge in [-0.1, -0.05) is 6.07 Å². The Morgan fingerprint density at radius 2 is 1.74 bits per heavy atom. The van der Waals surface area contributed by atoms with Gasteiger partial charge in [0.2, 0.25) is 0 Å². The predicted molar refractivity (Wildman–Crippen MR) is 75.3 cm³/mol. The van der Waals surface area contributed by atoms with E-state index in [9.17, 15) is 5.11 Å². The summed E-state index contributed by atoms with van der Waals surface area (Å²) in [6.07, 6.45) is 1.16. The van der Waals surface area contributed by atoms with Crippen molar-refractivity contribution in [2.45, 2.75) is 58.8 Å². The zero-order chi connectivity index (χ0) is 14.4. The molecule has 1 atom stereocenters. The van der Waals surface area contributed by atoms with Gasteiger partial charge in [0.15, 0.2) is 0 Å². The molecule has 1 aromatic rings. The summed E-state index contributed by atoms with van der Waals surface area (Å²) in [6, 6.07) is 1.93. The maximum Gasteiger partial charge on any atom is 0.514 e. The van der Waals surface area contributed by atoms with Gasteiger partial charge in [-0.25, -0.2) is 0 Å². The van der Waals surface area contributed by atoms with E-state index in [1.807, 2.05) is 40.7 Å². The van der Waals surface area contributed by atoms with Crippen LogP contribution in [0.25, 0.3) is 0 Å². The molecule has 1 aromatic heterocycles. The predicted octanol–water partition coefficient (Wildman–Crippen LogP) is 1.74. The van der Waals surface area contributed by atoms with E-state index in [0.717, 1.165) is 16.7 Å². The van der Waals surface area contributed by atoms with Crippen LogP contribution in [-0.4, -0.2) is 28.4 Å². The summed E-state index contributed by atoms with van der Waals surface area (Å²) in [6.45, 7) is 11.8. The van der Waals surface area contributed by atoms with Gasteiger partial charge in [0.1, 0.15) is 0 Å². The van der Waals surface area contributed by atoms with Crippen LogP contribution in [0, 0.1) is 6.92 Å². The molecule has 104 valence electrons. The third-order valence-corrected chi connectivity index (χ3v) is 4.10. The fraction of sp³-hybridized carbons (Fsp3) is 0.643. The molecule has 0 aromatic carbocycles. The van der Waals surface area contributed by atoms with Crippen LogP contribution in [0.1, 0.15) is 51.8 Å². The van der Waals surface area contributed by atoms with E-state index in [2.05, 4.69) is 4.98 Å². The Bertz CT molecular complexity index is 470. The topological polar surface area (TPSA) is 51.6 Å². The minimum atomic E-state index is -0.515. The number of rotatable bonds is 2. The average molecular weight is 263 g/mol. The number of aliphatic hydroxyl groups is 1. The van der Waals surface area contributed by atoms with Gasteiger partial charge in [0.25, 0.3) is 0 Å². The second-order valence-corrected chi connectivity index (χ2v) is 6.24. The Morgan fingerprint density at radius 1 is 1.21 bits per heavy atom.